The zero-order valence-corrected chi connectivity index (χ0v) is 13.1. The van der Waals surface area contributed by atoms with Crippen molar-refractivity contribution in [3.8, 4) is 0 Å². The summed E-state index contributed by atoms with van der Waals surface area (Å²) in [7, 11) is 0. The first-order chi connectivity index (χ1) is 10.4. The molecule has 22 heavy (non-hydrogen) atoms. The maximum absolute atomic E-state index is 12.6. The van der Waals surface area contributed by atoms with Crippen LogP contribution in [-0.2, 0) is 4.79 Å². The van der Waals surface area contributed by atoms with Crippen LogP contribution in [0, 0.1) is 0 Å². The number of fused-ring (bicyclic) bond motifs is 1. The van der Waals surface area contributed by atoms with Crippen molar-refractivity contribution in [2.75, 3.05) is 4.90 Å². The first kappa shape index (κ1) is 15.0. The minimum Gasteiger partial charge on any atom is -0.351 e. The van der Waals surface area contributed by atoms with E-state index in [1.165, 1.54) is 18.3 Å². The highest BCUT2D eigenvalue weighted by atomic mass is 35.5. The predicted molar refractivity (Wildman–Crippen MR) is 82.7 cm³/mol. The molecule has 112 valence electrons. The van der Waals surface area contributed by atoms with E-state index >= 15 is 0 Å². The first-order valence-corrected chi connectivity index (χ1v) is 7.61. The molecule has 9 heteroatoms. The Labute approximate surface area is 138 Å². The number of rotatable bonds is 2. The summed E-state index contributed by atoms with van der Waals surface area (Å²) in [6.07, 6.45) is 1.31. The van der Waals surface area contributed by atoms with Crippen LogP contribution >= 0.6 is 34.5 Å². The number of hydrogen-bond donors (Lipinski definition) is 1. The van der Waals surface area contributed by atoms with Gasteiger partial charge in [0, 0.05) is 11.6 Å². The Morgan fingerprint density at radius 2 is 2.00 bits per heavy atom. The third-order valence-electron chi connectivity index (χ3n) is 3.14. The number of ketones is 1. The molecule has 2 aromatic heterocycles. The molecule has 0 aliphatic carbocycles. The fourth-order valence-electron chi connectivity index (χ4n) is 2.25. The van der Waals surface area contributed by atoms with E-state index in [0.29, 0.717) is 14.8 Å². The number of aromatic nitrogens is 1. The van der Waals surface area contributed by atoms with Crippen molar-refractivity contribution in [2.24, 2.45) is 5.73 Å². The molecule has 0 bridgehead atoms. The monoisotopic (exact) mass is 355 g/mol. The van der Waals surface area contributed by atoms with E-state index in [9.17, 15) is 14.4 Å². The van der Waals surface area contributed by atoms with Crippen LogP contribution in [0.15, 0.2) is 23.7 Å². The number of pyridine rings is 1. The van der Waals surface area contributed by atoms with Crippen molar-refractivity contribution in [2.45, 2.75) is 5.92 Å². The van der Waals surface area contributed by atoms with E-state index in [2.05, 4.69) is 4.98 Å². The fourth-order valence-corrected chi connectivity index (χ4v) is 3.45. The molecule has 0 spiro atoms. The van der Waals surface area contributed by atoms with Gasteiger partial charge in [0.1, 0.15) is 5.92 Å². The molecular formula is C13H7Cl2N3O3S. The molecule has 2 N–H and O–H groups in total. The summed E-state index contributed by atoms with van der Waals surface area (Å²) in [6.45, 7) is 0. The summed E-state index contributed by atoms with van der Waals surface area (Å²) in [6, 6.07) is 1.85. The van der Waals surface area contributed by atoms with Gasteiger partial charge in [-0.1, -0.05) is 23.2 Å². The van der Waals surface area contributed by atoms with Gasteiger partial charge in [0.05, 0.1) is 26.3 Å². The molecule has 1 aliphatic heterocycles. The number of nitrogens with two attached hydrogens (primary N) is 1. The Morgan fingerprint density at radius 3 is 2.59 bits per heavy atom. The van der Waals surface area contributed by atoms with Crippen molar-refractivity contribution in [3.05, 3.63) is 44.3 Å². The molecule has 3 heterocycles. The minimum atomic E-state index is -1.23. The van der Waals surface area contributed by atoms with Crippen molar-refractivity contribution >= 4 is 57.9 Å². The number of urea groups is 1. The molecule has 1 unspecified atom stereocenters. The number of halogens is 2. The van der Waals surface area contributed by atoms with Gasteiger partial charge in [0.2, 0.25) is 0 Å². The zero-order chi connectivity index (χ0) is 16.0. The summed E-state index contributed by atoms with van der Waals surface area (Å²) in [5.74, 6) is -2.46. The number of carbonyl (C=O) groups is 3. The maximum atomic E-state index is 12.6. The van der Waals surface area contributed by atoms with E-state index in [0.717, 1.165) is 11.3 Å². The Balaban J connectivity index is 2.12. The summed E-state index contributed by atoms with van der Waals surface area (Å²) in [5, 5.41) is 2.20. The lowest BCUT2D eigenvalue weighted by molar-refractivity contribution is -0.117. The summed E-state index contributed by atoms with van der Waals surface area (Å²) in [5.41, 5.74) is 5.51. The second-order valence-corrected chi connectivity index (χ2v) is 6.28. The number of nitrogens with zero attached hydrogens (tertiary/aromatic N) is 2. The van der Waals surface area contributed by atoms with Crippen LogP contribution < -0.4 is 10.6 Å². The number of hydrogen-bond acceptors (Lipinski definition) is 5. The quantitative estimate of drug-likeness (QED) is 0.661. The van der Waals surface area contributed by atoms with Gasteiger partial charge in [-0.05, 0) is 12.1 Å². The second kappa shape index (κ2) is 5.35. The molecule has 0 saturated carbocycles. The highest BCUT2D eigenvalue weighted by Gasteiger charge is 2.46. The maximum Gasteiger partial charge on any atom is 0.326 e. The van der Waals surface area contributed by atoms with Gasteiger partial charge in [-0.3, -0.25) is 14.6 Å². The Hall–Kier alpha value is -1.96. The molecule has 0 fully saturated rings. The van der Waals surface area contributed by atoms with Gasteiger partial charge in [-0.15, -0.1) is 11.3 Å². The highest BCUT2D eigenvalue weighted by Crippen LogP contribution is 2.39. The highest BCUT2D eigenvalue weighted by molar-refractivity contribution is 7.12. The zero-order valence-electron chi connectivity index (χ0n) is 10.7. The fraction of sp³-hybridized carbons (Fsp3) is 0.0769. The van der Waals surface area contributed by atoms with Crippen LogP contribution in [0.5, 0.6) is 0 Å². The first-order valence-electron chi connectivity index (χ1n) is 5.97. The van der Waals surface area contributed by atoms with Gasteiger partial charge in [-0.25, -0.2) is 9.69 Å². The van der Waals surface area contributed by atoms with Gasteiger partial charge in [0.15, 0.2) is 5.78 Å². The number of thiophene rings is 1. The minimum absolute atomic E-state index is 0.131. The number of carbonyl (C=O) groups excluding carboxylic acids is 3. The van der Waals surface area contributed by atoms with E-state index < -0.39 is 23.6 Å². The van der Waals surface area contributed by atoms with E-state index in [4.69, 9.17) is 28.9 Å². The largest absolute Gasteiger partial charge is 0.351 e. The lowest BCUT2D eigenvalue weighted by Crippen LogP contribution is -2.40. The van der Waals surface area contributed by atoms with Crippen molar-refractivity contribution < 1.29 is 14.4 Å². The normalized spacial score (nSPS) is 16.7. The van der Waals surface area contributed by atoms with E-state index in [1.807, 2.05) is 0 Å². The standard InChI is InChI=1S/C13H7Cl2N3O3S/c14-5-1-7-10(17-3-5)9(12(20)18(7)13(16)21)11(19)8-2-6(15)4-22-8/h1-4,9H,(H2,16,21). The van der Waals surface area contributed by atoms with Crippen LogP contribution in [-0.4, -0.2) is 22.7 Å². The molecule has 2 aromatic rings. The molecule has 3 amide bonds. The summed E-state index contributed by atoms with van der Waals surface area (Å²) >= 11 is 12.8. The van der Waals surface area contributed by atoms with Crippen LogP contribution in [0.3, 0.4) is 0 Å². The van der Waals surface area contributed by atoms with Crippen molar-refractivity contribution in [1.82, 2.24) is 4.98 Å². The Kier molecular flexibility index (Phi) is 3.64. The van der Waals surface area contributed by atoms with Crippen LogP contribution in [0.1, 0.15) is 21.3 Å². The molecule has 6 nitrogen and oxygen atoms in total. The smallest absolute Gasteiger partial charge is 0.326 e. The average molecular weight is 356 g/mol. The number of imide groups is 1. The molecule has 0 aromatic carbocycles. The van der Waals surface area contributed by atoms with Crippen LogP contribution in [0.25, 0.3) is 0 Å². The third-order valence-corrected chi connectivity index (χ3v) is 4.64. The average Bonchev–Trinajstić information content (AvgIpc) is 2.98. The topological polar surface area (TPSA) is 93.4 Å². The second-order valence-electron chi connectivity index (χ2n) is 4.50. The summed E-state index contributed by atoms with van der Waals surface area (Å²) < 4.78 is 0. The lowest BCUT2D eigenvalue weighted by Gasteiger charge is -2.11. The van der Waals surface area contributed by atoms with Gasteiger partial charge >= 0.3 is 6.03 Å². The molecule has 0 radical (unpaired) electrons. The Morgan fingerprint density at radius 1 is 1.27 bits per heavy atom. The third kappa shape index (κ3) is 2.27. The van der Waals surface area contributed by atoms with Gasteiger partial charge < -0.3 is 5.73 Å². The summed E-state index contributed by atoms with van der Waals surface area (Å²) in [4.78, 5) is 41.6. The van der Waals surface area contributed by atoms with Crippen molar-refractivity contribution in [3.63, 3.8) is 0 Å². The van der Waals surface area contributed by atoms with E-state index in [1.54, 1.807) is 5.38 Å². The van der Waals surface area contributed by atoms with Gasteiger partial charge in [0.25, 0.3) is 5.91 Å². The van der Waals surface area contributed by atoms with Crippen LogP contribution in [0.4, 0.5) is 10.5 Å². The molecule has 3 rings (SSSR count). The number of primary amides is 1. The lowest BCUT2D eigenvalue weighted by atomic mass is 10.00. The van der Waals surface area contributed by atoms with E-state index in [-0.39, 0.29) is 16.4 Å². The van der Waals surface area contributed by atoms with Crippen LogP contribution in [0.2, 0.25) is 10.0 Å². The number of amides is 3. The SMILES string of the molecule is NC(=O)N1C(=O)C(C(=O)c2cc(Cl)cs2)c2ncc(Cl)cc21. The van der Waals surface area contributed by atoms with Crippen molar-refractivity contribution in [1.29, 1.82) is 0 Å². The molecule has 1 atom stereocenters. The molecule has 0 saturated heterocycles. The molecular weight excluding hydrogens is 349 g/mol. The Bertz CT molecular complexity index is 821. The number of Topliss-reactive ketones (excluding diaryl/α,β-unsaturated/α-hetero) is 1. The number of anilines is 1. The predicted octanol–water partition coefficient (Wildman–Crippen LogP) is 2.84. The van der Waals surface area contributed by atoms with Gasteiger partial charge in [-0.2, -0.15) is 0 Å². The molecule has 1 aliphatic rings.